The lowest BCUT2D eigenvalue weighted by atomic mass is 9.89. The Labute approximate surface area is 176 Å². The van der Waals surface area contributed by atoms with Gasteiger partial charge in [0.05, 0.1) is 12.8 Å². The van der Waals surface area contributed by atoms with Crippen molar-refractivity contribution in [2.45, 2.75) is 45.6 Å². The number of hydrogen-bond acceptors (Lipinski definition) is 6. The van der Waals surface area contributed by atoms with Crippen LogP contribution in [0.4, 0.5) is 13.2 Å². The number of fused-ring (bicyclic) bond motifs is 2. The first-order chi connectivity index (χ1) is 14.5. The lowest BCUT2D eigenvalue weighted by molar-refractivity contribution is -0.192. The molecule has 2 aromatic rings. The SMILES string of the molecule is CC(C)NC(=O)c1nnc2n1CC1CN(Cc3ccco3)CC1C2.O=C(O)C(F)(F)F. The molecule has 0 bridgehead atoms. The predicted octanol–water partition coefficient (Wildman–Crippen LogP) is 1.95. The van der Waals surface area contributed by atoms with Crippen LogP contribution in [0.25, 0.3) is 0 Å². The van der Waals surface area contributed by atoms with E-state index in [2.05, 4.69) is 20.4 Å². The molecular formula is C19H24F3N5O4. The Hall–Kier alpha value is -2.89. The maximum atomic E-state index is 12.3. The molecule has 9 nitrogen and oxygen atoms in total. The zero-order valence-corrected chi connectivity index (χ0v) is 17.1. The number of carbonyl (C=O) groups is 2. The molecule has 2 aliphatic heterocycles. The van der Waals surface area contributed by atoms with E-state index in [9.17, 15) is 18.0 Å². The summed E-state index contributed by atoms with van der Waals surface area (Å²) < 4.78 is 39.2. The van der Waals surface area contributed by atoms with E-state index in [1.54, 1.807) is 6.26 Å². The summed E-state index contributed by atoms with van der Waals surface area (Å²) in [5.74, 6) is 0.614. The minimum atomic E-state index is -5.08. The van der Waals surface area contributed by atoms with Gasteiger partial charge in [-0.3, -0.25) is 9.69 Å². The molecule has 0 saturated carbocycles. The van der Waals surface area contributed by atoms with Gasteiger partial charge in [-0.2, -0.15) is 13.2 Å². The van der Waals surface area contributed by atoms with Crippen LogP contribution in [0.1, 0.15) is 36.1 Å². The summed E-state index contributed by atoms with van der Waals surface area (Å²) in [6.45, 7) is 7.64. The summed E-state index contributed by atoms with van der Waals surface area (Å²) in [5, 5.41) is 18.4. The Bertz CT molecular complexity index is 910. The Morgan fingerprint density at radius 2 is 1.94 bits per heavy atom. The highest BCUT2D eigenvalue weighted by atomic mass is 19.4. The molecule has 1 saturated heterocycles. The minimum Gasteiger partial charge on any atom is -0.475 e. The van der Waals surface area contributed by atoms with E-state index in [-0.39, 0.29) is 11.9 Å². The molecule has 2 aliphatic rings. The van der Waals surface area contributed by atoms with Crippen LogP contribution in [0.2, 0.25) is 0 Å². The van der Waals surface area contributed by atoms with Gasteiger partial charge < -0.3 is 19.4 Å². The number of rotatable bonds is 4. The van der Waals surface area contributed by atoms with Gasteiger partial charge in [-0.05, 0) is 37.8 Å². The topological polar surface area (TPSA) is 113 Å². The van der Waals surface area contributed by atoms with Gasteiger partial charge in [0, 0.05) is 32.1 Å². The number of nitrogens with zero attached hydrogens (tertiary/aromatic N) is 4. The second kappa shape index (κ2) is 9.08. The molecule has 2 N–H and O–H groups in total. The highest BCUT2D eigenvalue weighted by molar-refractivity contribution is 5.90. The van der Waals surface area contributed by atoms with Crippen molar-refractivity contribution in [2.75, 3.05) is 13.1 Å². The number of aromatic nitrogens is 3. The molecule has 0 spiro atoms. The van der Waals surface area contributed by atoms with Gasteiger partial charge >= 0.3 is 12.1 Å². The van der Waals surface area contributed by atoms with Crippen molar-refractivity contribution in [1.82, 2.24) is 25.0 Å². The van der Waals surface area contributed by atoms with Crippen molar-refractivity contribution in [2.24, 2.45) is 11.8 Å². The molecule has 2 aromatic heterocycles. The Morgan fingerprint density at radius 3 is 2.52 bits per heavy atom. The van der Waals surface area contributed by atoms with Crippen molar-refractivity contribution in [3.8, 4) is 0 Å². The molecule has 2 unspecified atom stereocenters. The quantitative estimate of drug-likeness (QED) is 0.743. The highest BCUT2D eigenvalue weighted by Crippen LogP contribution is 2.33. The third-order valence-corrected chi connectivity index (χ3v) is 5.17. The summed E-state index contributed by atoms with van der Waals surface area (Å²) in [7, 11) is 0. The number of amides is 1. The molecule has 0 aromatic carbocycles. The zero-order valence-electron chi connectivity index (χ0n) is 17.1. The van der Waals surface area contributed by atoms with Crippen molar-refractivity contribution in [1.29, 1.82) is 0 Å². The van der Waals surface area contributed by atoms with Crippen molar-refractivity contribution in [3.05, 3.63) is 35.8 Å². The van der Waals surface area contributed by atoms with E-state index in [1.807, 2.05) is 30.5 Å². The van der Waals surface area contributed by atoms with Crippen LogP contribution in [0.5, 0.6) is 0 Å². The largest absolute Gasteiger partial charge is 0.490 e. The molecule has 31 heavy (non-hydrogen) atoms. The van der Waals surface area contributed by atoms with Crippen molar-refractivity contribution in [3.63, 3.8) is 0 Å². The maximum absolute atomic E-state index is 12.3. The second-order valence-electron chi connectivity index (χ2n) is 7.98. The number of aliphatic carboxylic acids is 1. The van der Waals surface area contributed by atoms with Crippen LogP contribution in [0.15, 0.2) is 22.8 Å². The highest BCUT2D eigenvalue weighted by Gasteiger charge is 2.39. The first-order valence-corrected chi connectivity index (χ1v) is 9.82. The van der Waals surface area contributed by atoms with E-state index in [0.717, 1.165) is 44.2 Å². The number of nitrogens with one attached hydrogen (secondary N) is 1. The van der Waals surface area contributed by atoms with E-state index in [4.69, 9.17) is 14.3 Å². The average Bonchev–Trinajstić information content (AvgIpc) is 3.38. The maximum Gasteiger partial charge on any atom is 0.490 e. The fraction of sp³-hybridized carbons (Fsp3) is 0.579. The number of hydrogen-bond donors (Lipinski definition) is 2. The summed E-state index contributed by atoms with van der Waals surface area (Å²) in [6.07, 6.45) is -2.47. The number of alkyl halides is 3. The van der Waals surface area contributed by atoms with Gasteiger partial charge in [0.25, 0.3) is 5.91 Å². The Balaban J connectivity index is 0.000000339. The predicted molar refractivity (Wildman–Crippen MR) is 101 cm³/mol. The molecule has 0 radical (unpaired) electrons. The number of furan rings is 1. The van der Waals surface area contributed by atoms with E-state index in [0.29, 0.717) is 17.7 Å². The number of halogens is 3. The van der Waals surface area contributed by atoms with Gasteiger partial charge in [-0.15, -0.1) is 10.2 Å². The molecule has 4 rings (SSSR count). The van der Waals surface area contributed by atoms with Gasteiger partial charge in [0.2, 0.25) is 5.82 Å². The first kappa shape index (κ1) is 22.8. The van der Waals surface area contributed by atoms with Crippen molar-refractivity contribution >= 4 is 11.9 Å². The van der Waals surface area contributed by atoms with Crippen LogP contribution in [-0.2, 0) is 24.3 Å². The fourth-order valence-electron chi connectivity index (χ4n) is 3.87. The first-order valence-electron chi connectivity index (χ1n) is 9.82. The van der Waals surface area contributed by atoms with Gasteiger partial charge in [0.15, 0.2) is 0 Å². The third-order valence-electron chi connectivity index (χ3n) is 5.17. The second-order valence-corrected chi connectivity index (χ2v) is 7.98. The Morgan fingerprint density at radius 1 is 1.26 bits per heavy atom. The van der Waals surface area contributed by atoms with Gasteiger partial charge in [-0.25, -0.2) is 4.79 Å². The minimum absolute atomic E-state index is 0.0945. The van der Waals surface area contributed by atoms with Gasteiger partial charge in [-0.1, -0.05) is 0 Å². The van der Waals surface area contributed by atoms with Crippen molar-refractivity contribution < 1.29 is 32.3 Å². The van der Waals surface area contributed by atoms with E-state index >= 15 is 0 Å². The monoisotopic (exact) mass is 443 g/mol. The molecular weight excluding hydrogens is 419 g/mol. The normalized spacial score (nSPS) is 20.6. The molecule has 12 heteroatoms. The molecule has 2 atom stereocenters. The summed E-state index contributed by atoms with van der Waals surface area (Å²) in [6, 6.07) is 4.04. The van der Waals surface area contributed by atoms with Crippen LogP contribution in [0, 0.1) is 11.8 Å². The van der Waals surface area contributed by atoms with E-state index in [1.165, 1.54) is 0 Å². The summed E-state index contributed by atoms with van der Waals surface area (Å²) in [5.41, 5.74) is 0. The summed E-state index contributed by atoms with van der Waals surface area (Å²) >= 11 is 0. The number of carbonyl (C=O) groups excluding carboxylic acids is 1. The number of carboxylic acid groups (broad SMARTS) is 1. The fourth-order valence-corrected chi connectivity index (χ4v) is 3.87. The number of carboxylic acids is 1. The Kier molecular flexibility index (Phi) is 6.68. The lowest BCUT2D eigenvalue weighted by Gasteiger charge is -2.25. The average molecular weight is 443 g/mol. The summed E-state index contributed by atoms with van der Waals surface area (Å²) in [4.78, 5) is 23.6. The van der Waals surface area contributed by atoms with Crippen LogP contribution in [-0.4, -0.2) is 62.0 Å². The van der Waals surface area contributed by atoms with Crippen LogP contribution < -0.4 is 5.32 Å². The van der Waals surface area contributed by atoms with Crippen LogP contribution in [0.3, 0.4) is 0 Å². The smallest absolute Gasteiger partial charge is 0.475 e. The van der Waals surface area contributed by atoms with Crippen LogP contribution >= 0.6 is 0 Å². The molecule has 0 aliphatic carbocycles. The molecule has 4 heterocycles. The third kappa shape index (κ3) is 5.63. The van der Waals surface area contributed by atoms with Gasteiger partial charge in [0.1, 0.15) is 11.6 Å². The zero-order chi connectivity index (χ0) is 22.8. The number of likely N-dealkylation sites (tertiary alicyclic amines) is 1. The van der Waals surface area contributed by atoms with E-state index < -0.39 is 12.1 Å². The standard InChI is InChI=1S/C17H23N5O2.C2HF3O2/c1-11(2)18-17(23)16-20-19-15-6-12-7-21(8-13(12)9-22(15)16)10-14-4-3-5-24-14;3-2(4,5)1(6)7/h3-5,11-13H,6-10H2,1-2H3,(H,18,23);(H,6,7). The lowest BCUT2D eigenvalue weighted by Crippen LogP contribution is -2.35. The molecule has 170 valence electrons. The molecule has 1 amide bonds. The molecule has 1 fully saturated rings.